The molecule has 0 fully saturated rings. The minimum absolute atomic E-state index is 0.246. The lowest BCUT2D eigenvalue weighted by Gasteiger charge is -2.24. The maximum absolute atomic E-state index is 11.2. The molecule has 0 aromatic heterocycles. The van der Waals surface area contributed by atoms with Crippen molar-refractivity contribution in [2.45, 2.75) is 45.1 Å². The monoisotopic (exact) mass is 293 g/mol. The number of unbranched alkanes of at least 4 members (excludes halogenated alkanes) is 2. The van der Waals surface area contributed by atoms with E-state index in [0.29, 0.717) is 11.5 Å². The second-order valence-electron chi connectivity index (χ2n) is 5.26. The molecule has 0 saturated carbocycles. The molecule has 116 valence electrons. The first-order valence-corrected chi connectivity index (χ1v) is 7.25. The molecule has 0 aliphatic carbocycles. The number of carboxylic acids is 1. The molecule has 5 heteroatoms. The number of aliphatic carboxylic acids is 1. The fourth-order valence-corrected chi connectivity index (χ4v) is 2.37. The van der Waals surface area contributed by atoms with Crippen LogP contribution >= 0.6 is 0 Å². The van der Waals surface area contributed by atoms with Gasteiger partial charge in [-0.1, -0.05) is 43.2 Å². The molecule has 5 nitrogen and oxygen atoms in total. The van der Waals surface area contributed by atoms with Gasteiger partial charge in [-0.25, -0.2) is 5.06 Å². The minimum Gasteiger partial charge on any atom is -0.481 e. The van der Waals surface area contributed by atoms with E-state index in [-0.39, 0.29) is 6.41 Å². The first-order valence-electron chi connectivity index (χ1n) is 7.25. The smallest absolute Gasteiger partial charge is 0.308 e. The van der Waals surface area contributed by atoms with E-state index in [1.807, 2.05) is 18.2 Å². The van der Waals surface area contributed by atoms with Crippen molar-refractivity contribution >= 4 is 12.4 Å². The van der Waals surface area contributed by atoms with Gasteiger partial charge in [-0.15, -0.1) is 0 Å². The number of carbonyl (C=O) groups excluding carboxylic acids is 1. The van der Waals surface area contributed by atoms with Crippen LogP contribution in [0.25, 0.3) is 0 Å². The average molecular weight is 293 g/mol. The molecule has 0 bridgehead atoms. The Hall–Kier alpha value is -1.88. The summed E-state index contributed by atoms with van der Waals surface area (Å²) < 4.78 is 0. The van der Waals surface area contributed by atoms with Gasteiger partial charge in [-0.3, -0.25) is 14.8 Å². The van der Waals surface area contributed by atoms with E-state index < -0.39 is 17.9 Å². The van der Waals surface area contributed by atoms with Gasteiger partial charge in [0.25, 0.3) is 0 Å². The van der Waals surface area contributed by atoms with E-state index in [1.165, 1.54) is 12.5 Å². The largest absolute Gasteiger partial charge is 0.481 e. The lowest BCUT2D eigenvalue weighted by atomic mass is 9.94. The highest BCUT2D eigenvalue weighted by Gasteiger charge is 2.27. The van der Waals surface area contributed by atoms with Gasteiger partial charge in [0.2, 0.25) is 6.41 Å². The number of hydrogen-bond acceptors (Lipinski definition) is 3. The van der Waals surface area contributed by atoms with Gasteiger partial charge in [0.1, 0.15) is 0 Å². The molecule has 0 spiro atoms. The molecule has 2 unspecified atom stereocenters. The van der Waals surface area contributed by atoms with Crippen LogP contribution in [0.5, 0.6) is 0 Å². The van der Waals surface area contributed by atoms with Crippen molar-refractivity contribution in [2.75, 3.05) is 0 Å². The third-order valence-corrected chi connectivity index (χ3v) is 3.75. The average Bonchev–Trinajstić information content (AvgIpc) is 2.50. The summed E-state index contributed by atoms with van der Waals surface area (Å²) in [4.78, 5) is 21.7. The molecule has 1 aromatic rings. The van der Waals surface area contributed by atoms with Crippen molar-refractivity contribution in [1.82, 2.24) is 5.06 Å². The Morgan fingerprint density at radius 3 is 2.48 bits per heavy atom. The minimum atomic E-state index is -0.980. The number of aryl methyl sites for hydroxylation is 1. The van der Waals surface area contributed by atoms with Crippen LogP contribution in [-0.4, -0.2) is 33.8 Å². The summed E-state index contributed by atoms with van der Waals surface area (Å²) in [5.74, 6) is -1.72. The van der Waals surface area contributed by atoms with E-state index in [0.717, 1.165) is 25.7 Å². The summed E-state index contributed by atoms with van der Waals surface area (Å²) >= 11 is 0. The molecule has 2 N–H and O–H groups in total. The fraction of sp³-hybridized carbons (Fsp3) is 0.500. The molecule has 0 radical (unpaired) electrons. The Labute approximate surface area is 125 Å². The Kier molecular flexibility index (Phi) is 7.46. The predicted octanol–water partition coefficient (Wildman–Crippen LogP) is 2.73. The molecule has 2 atom stereocenters. The van der Waals surface area contributed by atoms with Gasteiger partial charge in [-0.2, -0.15) is 0 Å². The fourth-order valence-electron chi connectivity index (χ4n) is 2.37. The van der Waals surface area contributed by atoms with E-state index in [1.54, 1.807) is 0 Å². The molecular formula is C16H23NO4. The number of hydroxylamine groups is 2. The highest BCUT2D eigenvalue weighted by molar-refractivity contribution is 5.71. The predicted molar refractivity (Wildman–Crippen MR) is 78.9 cm³/mol. The van der Waals surface area contributed by atoms with Crippen LogP contribution in [0.1, 0.15) is 38.2 Å². The normalized spacial score (nSPS) is 13.4. The molecule has 1 aromatic carbocycles. The second-order valence-corrected chi connectivity index (χ2v) is 5.26. The number of rotatable bonds is 10. The zero-order valence-corrected chi connectivity index (χ0v) is 12.3. The summed E-state index contributed by atoms with van der Waals surface area (Å²) in [5, 5.41) is 18.9. The number of hydrogen-bond donors (Lipinski definition) is 2. The Morgan fingerprint density at radius 2 is 1.90 bits per heavy atom. The van der Waals surface area contributed by atoms with Crippen molar-refractivity contribution in [3.8, 4) is 0 Å². The molecule has 0 aliphatic rings. The standard InChI is InChI=1S/C16H23NO4/c1-13(17(21)12-18)15(16(19)20)11-7-3-6-10-14-8-4-2-5-9-14/h2,4-5,8-9,12-13,15,21H,3,6-7,10-11H2,1H3,(H,19,20). The van der Waals surface area contributed by atoms with Gasteiger partial charge in [0.05, 0.1) is 12.0 Å². The van der Waals surface area contributed by atoms with E-state index >= 15 is 0 Å². The summed E-state index contributed by atoms with van der Waals surface area (Å²) in [6, 6.07) is 9.44. The maximum Gasteiger partial charge on any atom is 0.308 e. The van der Waals surface area contributed by atoms with E-state index in [2.05, 4.69) is 12.1 Å². The lowest BCUT2D eigenvalue weighted by molar-refractivity contribution is -0.170. The van der Waals surface area contributed by atoms with Crippen LogP contribution in [-0.2, 0) is 16.0 Å². The van der Waals surface area contributed by atoms with Gasteiger partial charge < -0.3 is 5.11 Å². The van der Waals surface area contributed by atoms with Gasteiger partial charge in [0.15, 0.2) is 0 Å². The summed E-state index contributed by atoms with van der Waals surface area (Å²) in [6.07, 6.45) is 4.38. The van der Waals surface area contributed by atoms with Crippen molar-refractivity contribution in [2.24, 2.45) is 5.92 Å². The molecule has 21 heavy (non-hydrogen) atoms. The Bertz CT molecular complexity index is 435. The van der Waals surface area contributed by atoms with Crippen LogP contribution in [0.3, 0.4) is 0 Å². The third kappa shape index (κ3) is 5.95. The van der Waals surface area contributed by atoms with Crippen molar-refractivity contribution < 1.29 is 19.9 Å². The SMILES string of the molecule is CC(C(CCCCCc1ccccc1)C(=O)O)N(O)C=O. The number of amides is 1. The van der Waals surface area contributed by atoms with E-state index in [9.17, 15) is 14.8 Å². The molecule has 0 saturated heterocycles. The van der Waals surface area contributed by atoms with Gasteiger partial charge in [0, 0.05) is 0 Å². The summed E-state index contributed by atoms with van der Waals surface area (Å²) in [6.45, 7) is 1.54. The van der Waals surface area contributed by atoms with Crippen LogP contribution in [0.2, 0.25) is 0 Å². The number of carboxylic acid groups (broad SMARTS) is 1. The maximum atomic E-state index is 11.2. The molecule has 0 heterocycles. The third-order valence-electron chi connectivity index (χ3n) is 3.75. The second kappa shape index (κ2) is 9.13. The van der Waals surface area contributed by atoms with Crippen LogP contribution in [0, 0.1) is 5.92 Å². The number of benzene rings is 1. The topological polar surface area (TPSA) is 77.8 Å². The molecule has 0 aliphatic heterocycles. The Morgan fingerprint density at radius 1 is 1.24 bits per heavy atom. The van der Waals surface area contributed by atoms with Crippen LogP contribution in [0.15, 0.2) is 30.3 Å². The van der Waals surface area contributed by atoms with Crippen LogP contribution < -0.4 is 0 Å². The zero-order chi connectivity index (χ0) is 15.7. The van der Waals surface area contributed by atoms with E-state index in [4.69, 9.17) is 5.11 Å². The first kappa shape index (κ1) is 17.2. The highest BCUT2D eigenvalue weighted by atomic mass is 16.5. The first-order chi connectivity index (χ1) is 10.1. The Balaban J connectivity index is 2.31. The number of nitrogens with zero attached hydrogens (tertiary/aromatic N) is 1. The lowest BCUT2D eigenvalue weighted by Crippen LogP contribution is -2.39. The van der Waals surface area contributed by atoms with Gasteiger partial charge in [-0.05, 0) is 31.7 Å². The number of carbonyl (C=O) groups is 2. The molecule has 1 amide bonds. The molecular weight excluding hydrogens is 270 g/mol. The quantitative estimate of drug-likeness (QED) is 0.301. The highest BCUT2D eigenvalue weighted by Crippen LogP contribution is 2.18. The zero-order valence-electron chi connectivity index (χ0n) is 12.3. The summed E-state index contributed by atoms with van der Waals surface area (Å²) in [5.41, 5.74) is 1.28. The van der Waals surface area contributed by atoms with Crippen molar-refractivity contribution in [3.63, 3.8) is 0 Å². The van der Waals surface area contributed by atoms with Crippen LogP contribution in [0.4, 0.5) is 0 Å². The van der Waals surface area contributed by atoms with Gasteiger partial charge >= 0.3 is 5.97 Å². The van der Waals surface area contributed by atoms with Crippen molar-refractivity contribution in [3.05, 3.63) is 35.9 Å². The summed E-state index contributed by atoms with van der Waals surface area (Å²) in [7, 11) is 0. The van der Waals surface area contributed by atoms with Crippen molar-refractivity contribution in [1.29, 1.82) is 0 Å². The molecule has 1 rings (SSSR count).